The summed E-state index contributed by atoms with van der Waals surface area (Å²) < 4.78 is 4.85. The van der Waals surface area contributed by atoms with Gasteiger partial charge in [-0.2, -0.15) is 0 Å². The quantitative estimate of drug-likeness (QED) is 0.594. The first-order valence-corrected chi connectivity index (χ1v) is 4.02. The molecule has 0 aromatic carbocycles. The van der Waals surface area contributed by atoms with Gasteiger partial charge in [0.2, 0.25) is 5.91 Å². The predicted molar refractivity (Wildman–Crippen MR) is 42.6 cm³/mol. The number of methoxy groups -OCH3 is 1. The summed E-state index contributed by atoms with van der Waals surface area (Å²) in [4.78, 5) is 21.9. The number of carbonyl (C=O) groups excluding carboxylic acids is 2. The van der Waals surface area contributed by atoms with Crippen LogP contribution >= 0.6 is 0 Å². The molecule has 0 saturated carbocycles. The van der Waals surface area contributed by atoms with E-state index in [0.717, 1.165) is 0 Å². The number of hydrogen-bond acceptors (Lipinski definition) is 3. The fourth-order valence-electron chi connectivity index (χ4n) is 1.24. The Labute approximate surface area is 71.3 Å². The maximum absolute atomic E-state index is 11.2. The third kappa shape index (κ3) is 2.30. The molecular formula is C8H13NO3. The van der Waals surface area contributed by atoms with Crippen molar-refractivity contribution in [2.75, 3.05) is 20.3 Å². The number of hydrogen-bond donors (Lipinski definition) is 1. The lowest BCUT2D eigenvalue weighted by Gasteiger charge is -2.20. The van der Waals surface area contributed by atoms with Crippen LogP contribution in [0.4, 0.5) is 0 Å². The van der Waals surface area contributed by atoms with Crippen molar-refractivity contribution in [3.05, 3.63) is 0 Å². The van der Waals surface area contributed by atoms with Crippen LogP contribution in [0.25, 0.3) is 0 Å². The zero-order valence-corrected chi connectivity index (χ0v) is 7.13. The highest BCUT2D eigenvalue weighted by Crippen LogP contribution is 2.10. The van der Waals surface area contributed by atoms with E-state index in [1.54, 1.807) is 7.11 Å². The number of rotatable bonds is 3. The lowest BCUT2D eigenvalue weighted by Crippen LogP contribution is -2.41. The molecule has 12 heavy (non-hydrogen) atoms. The van der Waals surface area contributed by atoms with E-state index >= 15 is 0 Å². The molecule has 1 amide bonds. The summed E-state index contributed by atoms with van der Waals surface area (Å²) in [6, 6.07) is 0. The average Bonchev–Trinajstić information content (AvgIpc) is 2.03. The fourth-order valence-corrected chi connectivity index (χ4v) is 1.24. The average molecular weight is 171 g/mol. The smallest absolute Gasteiger partial charge is 0.227 e. The van der Waals surface area contributed by atoms with Gasteiger partial charge < -0.3 is 10.1 Å². The van der Waals surface area contributed by atoms with Gasteiger partial charge in [-0.05, 0) is 6.42 Å². The van der Waals surface area contributed by atoms with E-state index in [1.807, 2.05) is 0 Å². The molecule has 4 nitrogen and oxygen atoms in total. The third-order valence-corrected chi connectivity index (χ3v) is 2.01. The van der Waals surface area contributed by atoms with Crippen molar-refractivity contribution in [3.63, 3.8) is 0 Å². The molecule has 1 aliphatic rings. The van der Waals surface area contributed by atoms with Gasteiger partial charge >= 0.3 is 0 Å². The first kappa shape index (κ1) is 9.19. The normalized spacial score (nSPS) is 23.9. The van der Waals surface area contributed by atoms with Gasteiger partial charge in [0, 0.05) is 26.2 Å². The van der Waals surface area contributed by atoms with Gasteiger partial charge in [-0.25, -0.2) is 0 Å². The van der Waals surface area contributed by atoms with Crippen LogP contribution in [0, 0.1) is 5.92 Å². The second-order valence-electron chi connectivity index (χ2n) is 2.93. The standard InChI is InChI=1S/C8H13NO3/c1-12-3-2-6-5-9-8(11)4-7(6)10/h6H,2-5H2,1H3,(H,9,11). The fraction of sp³-hybridized carbons (Fsp3) is 0.750. The molecule has 1 fully saturated rings. The van der Waals surface area contributed by atoms with E-state index in [2.05, 4.69) is 5.32 Å². The van der Waals surface area contributed by atoms with Crippen molar-refractivity contribution in [3.8, 4) is 0 Å². The second kappa shape index (κ2) is 4.21. The second-order valence-corrected chi connectivity index (χ2v) is 2.93. The number of ketones is 1. The SMILES string of the molecule is COCCC1CNC(=O)CC1=O. The molecule has 1 heterocycles. The molecule has 68 valence electrons. The van der Waals surface area contributed by atoms with Crippen LogP contribution in [0.3, 0.4) is 0 Å². The van der Waals surface area contributed by atoms with E-state index < -0.39 is 0 Å². The molecule has 0 aromatic rings. The van der Waals surface area contributed by atoms with Crippen LogP contribution in [-0.4, -0.2) is 32.0 Å². The Balaban J connectivity index is 2.35. The van der Waals surface area contributed by atoms with E-state index in [-0.39, 0.29) is 24.0 Å². The zero-order valence-electron chi connectivity index (χ0n) is 7.13. The Bertz CT molecular complexity index is 191. The van der Waals surface area contributed by atoms with Crippen LogP contribution in [-0.2, 0) is 14.3 Å². The molecule has 0 radical (unpaired) electrons. The number of amides is 1. The van der Waals surface area contributed by atoms with Crippen LogP contribution in [0.5, 0.6) is 0 Å². The molecular weight excluding hydrogens is 158 g/mol. The molecule has 1 atom stereocenters. The predicted octanol–water partition coefficient (Wildman–Crippen LogP) is -0.272. The number of ether oxygens (including phenoxy) is 1. The van der Waals surface area contributed by atoms with Crippen LogP contribution in [0.1, 0.15) is 12.8 Å². The van der Waals surface area contributed by atoms with Crippen LogP contribution < -0.4 is 5.32 Å². The molecule has 0 bridgehead atoms. The highest BCUT2D eigenvalue weighted by atomic mass is 16.5. The highest BCUT2D eigenvalue weighted by molar-refractivity contribution is 6.01. The molecule has 1 saturated heterocycles. The van der Waals surface area contributed by atoms with E-state index in [4.69, 9.17) is 4.74 Å². The van der Waals surface area contributed by atoms with Gasteiger partial charge in [-0.3, -0.25) is 9.59 Å². The lowest BCUT2D eigenvalue weighted by molar-refractivity contribution is -0.134. The molecule has 1 unspecified atom stereocenters. The number of carbonyl (C=O) groups is 2. The Hall–Kier alpha value is -0.900. The lowest BCUT2D eigenvalue weighted by atomic mass is 9.95. The Kier molecular flexibility index (Phi) is 3.22. The maximum atomic E-state index is 11.2. The molecule has 1 aliphatic heterocycles. The minimum absolute atomic E-state index is 0.0361. The van der Waals surface area contributed by atoms with Crippen molar-refractivity contribution in [1.82, 2.24) is 5.32 Å². The Morgan fingerprint density at radius 2 is 2.33 bits per heavy atom. The van der Waals surface area contributed by atoms with E-state index in [9.17, 15) is 9.59 Å². The van der Waals surface area contributed by atoms with Gasteiger partial charge in [0.1, 0.15) is 5.78 Å². The summed E-state index contributed by atoms with van der Waals surface area (Å²) in [5.41, 5.74) is 0. The minimum Gasteiger partial charge on any atom is -0.385 e. The molecule has 0 aliphatic carbocycles. The summed E-state index contributed by atoms with van der Waals surface area (Å²) in [7, 11) is 1.60. The Morgan fingerprint density at radius 3 is 2.92 bits per heavy atom. The van der Waals surface area contributed by atoms with Crippen molar-refractivity contribution in [2.24, 2.45) is 5.92 Å². The summed E-state index contributed by atoms with van der Waals surface area (Å²) >= 11 is 0. The van der Waals surface area contributed by atoms with E-state index in [0.29, 0.717) is 19.6 Å². The summed E-state index contributed by atoms with van der Waals surface area (Å²) in [5, 5.41) is 2.66. The van der Waals surface area contributed by atoms with Gasteiger partial charge in [0.15, 0.2) is 0 Å². The summed E-state index contributed by atoms with van der Waals surface area (Å²) in [5.74, 6) is -0.160. The Morgan fingerprint density at radius 1 is 1.58 bits per heavy atom. The summed E-state index contributed by atoms with van der Waals surface area (Å²) in [6.07, 6.45) is 0.740. The van der Waals surface area contributed by atoms with E-state index in [1.165, 1.54) is 0 Å². The van der Waals surface area contributed by atoms with Crippen molar-refractivity contribution in [2.45, 2.75) is 12.8 Å². The van der Waals surface area contributed by atoms with Gasteiger partial charge in [-0.15, -0.1) is 0 Å². The van der Waals surface area contributed by atoms with Crippen LogP contribution in [0.15, 0.2) is 0 Å². The maximum Gasteiger partial charge on any atom is 0.227 e. The third-order valence-electron chi connectivity index (χ3n) is 2.01. The van der Waals surface area contributed by atoms with Crippen molar-refractivity contribution < 1.29 is 14.3 Å². The van der Waals surface area contributed by atoms with Crippen molar-refractivity contribution in [1.29, 1.82) is 0 Å². The molecule has 1 rings (SSSR count). The van der Waals surface area contributed by atoms with Crippen LogP contribution in [0.2, 0.25) is 0 Å². The molecule has 4 heteroatoms. The number of nitrogens with one attached hydrogen (secondary N) is 1. The summed E-state index contributed by atoms with van der Waals surface area (Å²) in [6.45, 7) is 1.05. The van der Waals surface area contributed by atoms with Gasteiger partial charge in [0.25, 0.3) is 0 Å². The topological polar surface area (TPSA) is 55.4 Å². The minimum atomic E-state index is -0.159. The monoisotopic (exact) mass is 171 g/mol. The first-order valence-electron chi connectivity index (χ1n) is 4.02. The molecule has 1 N–H and O–H groups in total. The van der Waals surface area contributed by atoms with Gasteiger partial charge in [-0.1, -0.05) is 0 Å². The number of Topliss-reactive ketones (excluding diaryl/α,β-unsaturated/α-hetero) is 1. The molecule has 0 aromatic heterocycles. The first-order chi connectivity index (χ1) is 5.74. The highest BCUT2D eigenvalue weighted by Gasteiger charge is 2.25. The van der Waals surface area contributed by atoms with Crippen molar-refractivity contribution >= 4 is 11.7 Å². The molecule has 0 spiro atoms. The number of piperidine rings is 1. The van der Waals surface area contributed by atoms with Gasteiger partial charge in [0.05, 0.1) is 6.42 Å². The zero-order chi connectivity index (χ0) is 8.97. The largest absolute Gasteiger partial charge is 0.385 e.